The Balaban J connectivity index is 0.000000439. The van der Waals surface area contributed by atoms with Crippen molar-refractivity contribution in [3.63, 3.8) is 0 Å². The van der Waals surface area contributed by atoms with Crippen LogP contribution in [-0.2, 0) is 14.2 Å². The van der Waals surface area contributed by atoms with Gasteiger partial charge in [-0.1, -0.05) is 0 Å². The third kappa shape index (κ3) is 9.73. The molecule has 15 nitrogen and oxygen atoms in total. The molecule has 0 aromatic carbocycles. The van der Waals surface area contributed by atoms with Gasteiger partial charge in [0.05, 0.1) is 80.9 Å². The zero-order valence-electron chi connectivity index (χ0n) is 22.8. The highest BCUT2D eigenvalue weighted by Crippen LogP contribution is 2.36. The molecule has 0 aromatic heterocycles. The molecule has 0 aromatic rings. The monoisotopic (exact) mass is 576 g/mol. The molecule has 15 heteroatoms. The summed E-state index contributed by atoms with van der Waals surface area (Å²) in [4.78, 5) is 0. The third-order valence-electron chi connectivity index (χ3n) is 7.12. The van der Waals surface area contributed by atoms with Crippen molar-refractivity contribution in [2.45, 2.75) is 107 Å². The van der Waals surface area contributed by atoms with E-state index in [0.29, 0.717) is 0 Å². The standard InChI is InChI=1S/C15H28O9.C9H20O6/c1-15(2,11-10(5-17)22-6-9(19)12(11)20)24-14-13(21)8(18)3-7(4-16)23-14;1-9(2,15)7(5(12)3-10)8(14)6(13)4-11/h7-14,16-21H,3-6H2,1-2H3;5-8,10-15H,3-4H2,1-2H3. The van der Waals surface area contributed by atoms with Crippen molar-refractivity contribution >= 4 is 0 Å². The van der Waals surface area contributed by atoms with E-state index in [1.807, 2.05) is 0 Å². The predicted molar refractivity (Wildman–Crippen MR) is 132 cm³/mol. The molecule has 12 unspecified atom stereocenters. The zero-order valence-corrected chi connectivity index (χ0v) is 22.8. The van der Waals surface area contributed by atoms with Crippen LogP contribution in [0, 0.1) is 11.8 Å². The predicted octanol–water partition coefficient (Wildman–Crippen LogP) is -5.22. The molecule has 0 radical (unpaired) electrons. The third-order valence-corrected chi connectivity index (χ3v) is 7.12. The van der Waals surface area contributed by atoms with E-state index >= 15 is 0 Å². The highest BCUT2D eigenvalue weighted by molar-refractivity contribution is 4.97. The van der Waals surface area contributed by atoms with Crippen molar-refractivity contribution in [1.82, 2.24) is 0 Å². The number of aliphatic hydroxyl groups is 12. The van der Waals surface area contributed by atoms with E-state index in [1.165, 1.54) is 13.8 Å². The van der Waals surface area contributed by atoms with Gasteiger partial charge in [-0.25, -0.2) is 0 Å². The van der Waals surface area contributed by atoms with Gasteiger partial charge in [0.15, 0.2) is 6.29 Å². The van der Waals surface area contributed by atoms with Gasteiger partial charge in [-0.2, -0.15) is 0 Å². The average Bonchev–Trinajstić information content (AvgIpc) is 2.86. The second-order valence-corrected chi connectivity index (χ2v) is 11.1. The summed E-state index contributed by atoms with van der Waals surface area (Å²) in [5, 5.41) is 114. The molecule has 0 bridgehead atoms. The normalized spacial score (nSPS) is 35.4. The number of aliphatic hydroxyl groups excluding tert-OH is 11. The minimum absolute atomic E-state index is 0.0745. The molecule has 2 rings (SSSR count). The van der Waals surface area contributed by atoms with Crippen molar-refractivity contribution in [2.24, 2.45) is 11.8 Å². The average molecular weight is 577 g/mol. The van der Waals surface area contributed by atoms with Crippen LogP contribution < -0.4 is 0 Å². The van der Waals surface area contributed by atoms with E-state index in [1.54, 1.807) is 13.8 Å². The molecule has 12 atom stereocenters. The SMILES string of the molecule is CC(C)(O)C(C(O)CO)C(O)C(O)CO.CC(C)(OC1OC(CO)CC(O)C1O)C1C(CO)OCC(O)C1O. The van der Waals surface area contributed by atoms with Gasteiger partial charge in [0.1, 0.15) is 18.3 Å². The molecule has 0 aliphatic carbocycles. The molecular formula is C24H48O15. The van der Waals surface area contributed by atoms with Gasteiger partial charge in [0.2, 0.25) is 0 Å². The van der Waals surface area contributed by atoms with Crippen molar-refractivity contribution < 1.29 is 75.5 Å². The first kappa shape index (κ1) is 36.4. The Kier molecular flexibility index (Phi) is 14.6. The highest BCUT2D eigenvalue weighted by Gasteiger charge is 2.50. The molecule has 2 fully saturated rings. The zero-order chi connectivity index (χ0) is 30.3. The van der Waals surface area contributed by atoms with Crippen LogP contribution in [0.5, 0.6) is 0 Å². The van der Waals surface area contributed by atoms with Gasteiger partial charge in [0.25, 0.3) is 0 Å². The molecular weight excluding hydrogens is 528 g/mol. The minimum atomic E-state index is -1.52. The van der Waals surface area contributed by atoms with Gasteiger partial charge < -0.3 is 75.5 Å². The van der Waals surface area contributed by atoms with Gasteiger partial charge >= 0.3 is 0 Å². The van der Waals surface area contributed by atoms with Crippen LogP contribution in [0.1, 0.15) is 34.1 Å². The number of hydrogen-bond donors (Lipinski definition) is 12. The smallest absolute Gasteiger partial charge is 0.187 e. The van der Waals surface area contributed by atoms with Crippen molar-refractivity contribution in [1.29, 1.82) is 0 Å². The lowest BCUT2D eigenvalue weighted by Crippen LogP contribution is -2.61. The molecule has 2 aliphatic rings. The Bertz CT molecular complexity index is 687. The minimum Gasteiger partial charge on any atom is -0.394 e. The van der Waals surface area contributed by atoms with Gasteiger partial charge in [0, 0.05) is 18.3 Å². The van der Waals surface area contributed by atoms with Gasteiger partial charge in [-0.15, -0.1) is 0 Å². The Morgan fingerprint density at radius 1 is 0.821 bits per heavy atom. The second kappa shape index (κ2) is 15.6. The Hall–Kier alpha value is -0.600. The largest absolute Gasteiger partial charge is 0.394 e. The van der Waals surface area contributed by atoms with E-state index in [2.05, 4.69) is 0 Å². The molecule has 2 aliphatic heterocycles. The summed E-state index contributed by atoms with van der Waals surface area (Å²) in [6.07, 6.45) is -11.7. The molecule has 12 N–H and O–H groups in total. The first-order valence-electron chi connectivity index (χ1n) is 12.8. The van der Waals surface area contributed by atoms with E-state index in [-0.39, 0.29) is 26.2 Å². The number of hydrogen-bond acceptors (Lipinski definition) is 15. The fourth-order valence-corrected chi connectivity index (χ4v) is 4.99. The Morgan fingerprint density at radius 2 is 1.38 bits per heavy atom. The first-order valence-corrected chi connectivity index (χ1v) is 12.8. The Labute approximate surface area is 227 Å². The maximum atomic E-state index is 10.3. The number of rotatable bonds is 11. The second-order valence-electron chi connectivity index (χ2n) is 11.1. The van der Waals surface area contributed by atoms with Crippen LogP contribution in [-0.4, -0.2) is 167 Å². The van der Waals surface area contributed by atoms with Crippen molar-refractivity contribution in [3.05, 3.63) is 0 Å². The van der Waals surface area contributed by atoms with Crippen LogP contribution in [0.25, 0.3) is 0 Å². The maximum Gasteiger partial charge on any atom is 0.187 e. The molecule has 2 heterocycles. The summed E-state index contributed by atoms with van der Waals surface area (Å²) in [6, 6.07) is 0. The van der Waals surface area contributed by atoms with E-state index in [4.69, 9.17) is 24.4 Å². The summed E-state index contributed by atoms with van der Waals surface area (Å²) in [7, 11) is 0. The van der Waals surface area contributed by atoms with Gasteiger partial charge in [-0.3, -0.25) is 0 Å². The number of ether oxygens (including phenoxy) is 3. The maximum absolute atomic E-state index is 10.3. The summed E-state index contributed by atoms with van der Waals surface area (Å²) >= 11 is 0. The van der Waals surface area contributed by atoms with Crippen LogP contribution in [0.15, 0.2) is 0 Å². The quantitative estimate of drug-likeness (QED) is 0.110. The van der Waals surface area contributed by atoms with E-state index in [0.717, 1.165) is 0 Å². The van der Waals surface area contributed by atoms with Crippen LogP contribution in [0.3, 0.4) is 0 Å². The fraction of sp³-hybridized carbons (Fsp3) is 1.00. The van der Waals surface area contributed by atoms with Crippen molar-refractivity contribution in [2.75, 3.05) is 33.0 Å². The lowest BCUT2D eigenvalue weighted by Gasteiger charge is -2.48. The van der Waals surface area contributed by atoms with E-state index in [9.17, 15) is 51.1 Å². The topological polar surface area (TPSA) is 270 Å². The molecule has 2 saturated heterocycles. The lowest BCUT2D eigenvalue weighted by atomic mass is 9.78. The molecule has 234 valence electrons. The van der Waals surface area contributed by atoms with Crippen molar-refractivity contribution in [3.8, 4) is 0 Å². The summed E-state index contributed by atoms with van der Waals surface area (Å²) in [5.41, 5.74) is -2.66. The molecule has 0 spiro atoms. The lowest BCUT2D eigenvalue weighted by molar-refractivity contribution is -0.323. The van der Waals surface area contributed by atoms with Crippen LogP contribution in [0.2, 0.25) is 0 Å². The van der Waals surface area contributed by atoms with E-state index < -0.39 is 97.5 Å². The van der Waals surface area contributed by atoms with Crippen LogP contribution >= 0.6 is 0 Å². The Morgan fingerprint density at radius 3 is 1.85 bits per heavy atom. The fourth-order valence-electron chi connectivity index (χ4n) is 4.99. The summed E-state index contributed by atoms with van der Waals surface area (Å²) in [5.74, 6) is -1.95. The molecule has 39 heavy (non-hydrogen) atoms. The summed E-state index contributed by atoms with van der Waals surface area (Å²) < 4.78 is 16.6. The summed E-state index contributed by atoms with van der Waals surface area (Å²) in [6.45, 7) is 3.73. The molecule has 0 amide bonds. The first-order chi connectivity index (χ1) is 18.0. The van der Waals surface area contributed by atoms with Crippen LogP contribution in [0.4, 0.5) is 0 Å². The van der Waals surface area contributed by atoms with Gasteiger partial charge in [-0.05, 0) is 27.7 Å². The highest BCUT2D eigenvalue weighted by atomic mass is 16.7. The molecule has 0 saturated carbocycles.